The van der Waals surface area contributed by atoms with E-state index < -0.39 is 0 Å². The van der Waals surface area contributed by atoms with Crippen LogP contribution in [0.1, 0.15) is 48.5 Å². The molecule has 5 heteroatoms. The third kappa shape index (κ3) is 7.25. The quantitative estimate of drug-likeness (QED) is 0.253. The molecule has 2 aromatic carbocycles. The van der Waals surface area contributed by atoms with Gasteiger partial charge in [-0.2, -0.15) is 5.10 Å². The van der Waals surface area contributed by atoms with E-state index in [0.717, 1.165) is 21.3 Å². The van der Waals surface area contributed by atoms with E-state index in [4.69, 9.17) is 4.74 Å². The molecule has 1 N–H and O–H groups in total. The first-order chi connectivity index (χ1) is 12.2. The first-order valence-corrected chi connectivity index (χ1v) is 9.58. The maximum Gasteiger partial charge on any atom is 0.271 e. The summed E-state index contributed by atoms with van der Waals surface area (Å²) in [6.07, 6.45) is 6.34. The zero-order valence-electron chi connectivity index (χ0n) is 14.4. The Balaban J connectivity index is 1.79. The van der Waals surface area contributed by atoms with Crippen molar-refractivity contribution in [2.75, 3.05) is 6.61 Å². The normalized spacial score (nSPS) is 10.8. The molecular formula is C20H23IN2O2. The fraction of sp³-hybridized carbons (Fsp3) is 0.300. The van der Waals surface area contributed by atoms with Gasteiger partial charge < -0.3 is 4.74 Å². The highest BCUT2D eigenvalue weighted by Crippen LogP contribution is 2.13. The van der Waals surface area contributed by atoms with Crippen molar-refractivity contribution in [3.05, 3.63) is 63.2 Å². The van der Waals surface area contributed by atoms with Crippen LogP contribution in [0, 0.1) is 3.57 Å². The number of carbonyl (C=O) groups excluding carboxylic acids is 1. The second kappa shape index (κ2) is 10.9. The molecule has 0 saturated carbocycles. The Morgan fingerprint density at radius 2 is 1.96 bits per heavy atom. The van der Waals surface area contributed by atoms with Gasteiger partial charge in [0.1, 0.15) is 5.75 Å². The van der Waals surface area contributed by atoms with Crippen molar-refractivity contribution in [1.29, 1.82) is 0 Å². The fourth-order valence-corrected chi connectivity index (χ4v) is 2.81. The maximum atomic E-state index is 12.1. The zero-order chi connectivity index (χ0) is 17.9. The average molecular weight is 450 g/mol. The second-order valence-corrected chi connectivity index (χ2v) is 6.93. The predicted octanol–water partition coefficient (Wildman–Crippen LogP) is 5.01. The summed E-state index contributed by atoms with van der Waals surface area (Å²) in [6, 6.07) is 15.0. The minimum Gasteiger partial charge on any atom is -0.494 e. The molecule has 0 aliphatic heterocycles. The van der Waals surface area contributed by atoms with Crippen LogP contribution in [-0.2, 0) is 0 Å². The minimum atomic E-state index is -0.239. The van der Waals surface area contributed by atoms with Gasteiger partial charge in [-0.3, -0.25) is 4.79 Å². The predicted molar refractivity (Wildman–Crippen MR) is 110 cm³/mol. The van der Waals surface area contributed by atoms with E-state index in [2.05, 4.69) is 40.0 Å². The van der Waals surface area contributed by atoms with Gasteiger partial charge >= 0.3 is 0 Å². The summed E-state index contributed by atoms with van der Waals surface area (Å²) < 4.78 is 6.80. The lowest BCUT2D eigenvalue weighted by Gasteiger charge is -2.06. The molecule has 0 aliphatic rings. The number of hydrazone groups is 1. The zero-order valence-corrected chi connectivity index (χ0v) is 16.5. The molecule has 2 rings (SSSR count). The van der Waals surface area contributed by atoms with Gasteiger partial charge in [0.15, 0.2) is 0 Å². The number of unbranched alkanes of at least 4 members (excludes halogenated alkanes) is 3. The molecule has 0 fully saturated rings. The van der Waals surface area contributed by atoms with Crippen molar-refractivity contribution in [2.24, 2.45) is 5.10 Å². The number of hydrogen-bond donors (Lipinski definition) is 1. The molecule has 0 atom stereocenters. The number of ether oxygens (including phenoxy) is 1. The molecule has 4 nitrogen and oxygen atoms in total. The van der Waals surface area contributed by atoms with Crippen molar-refractivity contribution in [1.82, 2.24) is 5.43 Å². The van der Waals surface area contributed by atoms with Gasteiger partial charge in [-0.15, -0.1) is 0 Å². The molecule has 0 aromatic heterocycles. The molecule has 0 unspecified atom stereocenters. The molecule has 1 amide bonds. The van der Waals surface area contributed by atoms with Gasteiger partial charge in [0.2, 0.25) is 0 Å². The molecule has 0 bridgehead atoms. The molecule has 0 spiro atoms. The molecule has 2 aromatic rings. The fourth-order valence-electron chi connectivity index (χ4n) is 2.24. The summed E-state index contributed by atoms with van der Waals surface area (Å²) in [5, 5.41) is 4.00. The number of benzene rings is 2. The second-order valence-electron chi connectivity index (χ2n) is 5.69. The smallest absolute Gasteiger partial charge is 0.271 e. The van der Waals surface area contributed by atoms with Gasteiger partial charge in [0.05, 0.1) is 12.8 Å². The Morgan fingerprint density at radius 1 is 1.16 bits per heavy atom. The van der Waals surface area contributed by atoms with Crippen LogP contribution in [-0.4, -0.2) is 18.7 Å². The first-order valence-electron chi connectivity index (χ1n) is 8.51. The maximum absolute atomic E-state index is 12.1. The van der Waals surface area contributed by atoms with Gasteiger partial charge in [0.25, 0.3) is 5.91 Å². The van der Waals surface area contributed by atoms with Crippen LogP contribution in [0.4, 0.5) is 0 Å². The van der Waals surface area contributed by atoms with Crippen LogP contribution in [0.25, 0.3) is 0 Å². The van der Waals surface area contributed by atoms with Crippen LogP contribution < -0.4 is 10.2 Å². The first kappa shape index (κ1) is 19.4. The van der Waals surface area contributed by atoms with Crippen molar-refractivity contribution < 1.29 is 9.53 Å². The Morgan fingerprint density at radius 3 is 2.68 bits per heavy atom. The lowest BCUT2D eigenvalue weighted by molar-refractivity contribution is 0.0955. The lowest BCUT2D eigenvalue weighted by Crippen LogP contribution is -2.17. The largest absolute Gasteiger partial charge is 0.494 e. The van der Waals surface area contributed by atoms with Gasteiger partial charge in [0, 0.05) is 9.13 Å². The van der Waals surface area contributed by atoms with Crippen molar-refractivity contribution in [3.63, 3.8) is 0 Å². The minimum absolute atomic E-state index is 0.239. The topological polar surface area (TPSA) is 50.7 Å². The number of carbonyl (C=O) groups is 1. The number of amides is 1. The van der Waals surface area contributed by atoms with Crippen LogP contribution in [0.5, 0.6) is 5.75 Å². The van der Waals surface area contributed by atoms with Crippen LogP contribution in [0.3, 0.4) is 0 Å². The van der Waals surface area contributed by atoms with E-state index in [-0.39, 0.29) is 5.91 Å². The van der Waals surface area contributed by atoms with Gasteiger partial charge in [-0.05, 0) is 71.0 Å². The number of halogens is 1. The van der Waals surface area contributed by atoms with Crippen LogP contribution in [0.2, 0.25) is 0 Å². The summed E-state index contributed by atoms with van der Waals surface area (Å²) in [7, 11) is 0. The Labute approximate surface area is 162 Å². The van der Waals surface area contributed by atoms with Crippen molar-refractivity contribution in [3.8, 4) is 5.75 Å². The highest BCUT2D eigenvalue weighted by atomic mass is 127. The highest BCUT2D eigenvalue weighted by molar-refractivity contribution is 14.1. The molecule has 0 saturated heterocycles. The number of nitrogens with zero attached hydrogens (tertiary/aromatic N) is 1. The van der Waals surface area contributed by atoms with E-state index in [1.165, 1.54) is 19.3 Å². The Hall–Kier alpha value is -1.89. The van der Waals surface area contributed by atoms with Crippen LogP contribution in [0.15, 0.2) is 53.6 Å². The third-order valence-electron chi connectivity index (χ3n) is 3.61. The van der Waals surface area contributed by atoms with E-state index in [1.807, 2.05) is 36.4 Å². The average Bonchev–Trinajstić information content (AvgIpc) is 2.62. The van der Waals surface area contributed by atoms with E-state index >= 15 is 0 Å². The van der Waals surface area contributed by atoms with Crippen molar-refractivity contribution >= 4 is 34.7 Å². The molecule has 0 aliphatic carbocycles. The summed E-state index contributed by atoms with van der Waals surface area (Å²) in [5.41, 5.74) is 4.04. The molecule has 0 heterocycles. The highest BCUT2D eigenvalue weighted by Gasteiger charge is 2.04. The molecular weight excluding hydrogens is 427 g/mol. The van der Waals surface area contributed by atoms with Gasteiger partial charge in [-0.1, -0.05) is 38.3 Å². The summed E-state index contributed by atoms with van der Waals surface area (Å²) in [6.45, 7) is 2.90. The van der Waals surface area contributed by atoms with E-state index in [9.17, 15) is 4.79 Å². The Bertz CT molecular complexity index is 699. The number of rotatable bonds is 9. The summed E-state index contributed by atoms with van der Waals surface area (Å²) >= 11 is 2.24. The molecule has 0 radical (unpaired) electrons. The standard InChI is InChI=1S/C20H23IN2O2/c1-2-3-4-5-13-25-19-11-9-17(10-12-19)20(24)23-22-15-16-7-6-8-18(21)14-16/h6-12,14-15H,2-5,13H2,1H3,(H,23,24)/b22-15-. The monoisotopic (exact) mass is 450 g/mol. The number of hydrogen-bond acceptors (Lipinski definition) is 3. The van der Waals surface area contributed by atoms with Gasteiger partial charge in [-0.25, -0.2) is 5.43 Å². The summed E-state index contributed by atoms with van der Waals surface area (Å²) in [4.78, 5) is 12.1. The number of nitrogens with one attached hydrogen (secondary N) is 1. The lowest BCUT2D eigenvalue weighted by atomic mass is 10.2. The van der Waals surface area contributed by atoms with E-state index in [0.29, 0.717) is 12.2 Å². The van der Waals surface area contributed by atoms with E-state index in [1.54, 1.807) is 18.3 Å². The SMILES string of the molecule is CCCCCCOc1ccc(C(=O)N/N=C\c2cccc(I)c2)cc1. The Kier molecular flexibility index (Phi) is 8.45. The third-order valence-corrected chi connectivity index (χ3v) is 4.28. The summed E-state index contributed by atoms with van der Waals surface area (Å²) in [5.74, 6) is 0.548. The molecule has 25 heavy (non-hydrogen) atoms. The van der Waals surface area contributed by atoms with Crippen LogP contribution >= 0.6 is 22.6 Å². The van der Waals surface area contributed by atoms with Crippen molar-refractivity contribution in [2.45, 2.75) is 32.6 Å². The molecule has 132 valence electrons.